The van der Waals surface area contributed by atoms with Crippen LogP contribution in [0.2, 0.25) is 0 Å². The van der Waals surface area contributed by atoms with Crippen molar-refractivity contribution in [2.75, 3.05) is 5.75 Å². The van der Waals surface area contributed by atoms with Crippen LogP contribution >= 0.6 is 0 Å². The van der Waals surface area contributed by atoms with Gasteiger partial charge in [0.15, 0.2) is 15.7 Å². The molecule has 0 amide bonds. The number of sulfone groups is 1. The van der Waals surface area contributed by atoms with Gasteiger partial charge in [-0.1, -0.05) is 6.92 Å². The van der Waals surface area contributed by atoms with Crippen molar-refractivity contribution in [2.24, 2.45) is 14.1 Å². The van der Waals surface area contributed by atoms with E-state index in [4.69, 9.17) is 0 Å². The van der Waals surface area contributed by atoms with Gasteiger partial charge in [0.05, 0.1) is 21.7 Å². The number of aryl methyl sites for hydroxylation is 1. The molecule has 0 atom stereocenters. The van der Waals surface area contributed by atoms with Crippen LogP contribution in [-0.4, -0.2) is 33.3 Å². The third-order valence-corrected chi connectivity index (χ3v) is 6.40. The Morgan fingerprint density at radius 1 is 1.00 bits per heavy atom. The van der Waals surface area contributed by atoms with Crippen molar-refractivity contribution in [3.8, 4) is 11.5 Å². The maximum atomic E-state index is 13.2. The van der Waals surface area contributed by atoms with Gasteiger partial charge in [-0.05, 0) is 12.1 Å². The molecular formula is C17H14F6N4O3S. The normalized spacial score (nSPS) is 13.2. The van der Waals surface area contributed by atoms with E-state index in [9.17, 15) is 39.6 Å². The van der Waals surface area contributed by atoms with Gasteiger partial charge < -0.3 is 9.13 Å². The van der Waals surface area contributed by atoms with Crippen LogP contribution in [0, 0.1) is 0 Å². The molecule has 0 bridgehead atoms. The molecule has 0 spiro atoms. The Hall–Kier alpha value is -2.90. The summed E-state index contributed by atoms with van der Waals surface area (Å²) >= 11 is 0. The third-order valence-electron chi connectivity index (χ3n) is 4.66. The van der Waals surface area contributed by atoms with Crippen molar-refractivity contribution >= 4 is 20.9 Å². The highest BCUT2D eigenvalue weighted by atomic mass is 32.2. The van der Waals surface area contributed by atoms with Gasteiger partial charge in [-0.15, -0.1) is 0 Å². The molecule has 0 saturated carbocycles. The van der Waals surface area contributed by atoms with Crippen molar-refractivity contribution in [2.45, 2.75) is 24.2 Å². The van der Waals surface area contributed by atoms with Gasteiger partial charge in [-0.3, -0.25) is 9.78 Å². The number of hydrogen-bond acceptors (Lipinski definition) is 5. The molecule has 0 aliphatic rings. The highest BCUT2D eigenvalue weighted by Gasteiger charge is 2.36. The Balaban J connectivity index is 2.41. The average Bonchev–Trinajstić information content (AvgIpc) is 2.99. The maximum absolute atomic E-state index is 13.2. The standard InChI is InChI=1S/C17H14F6N4O3S/c1-4-31(29,30)10-5-8(16(18,19)20)7-24-12(10)14-25-9-6-11(17(21,22)23)26(2)15(28)13(9)27(14)3/h5-7H,4H2,1-3H3. The second-order valence-electron chi connectivity index (χ2n) is 6.59. The summed E-state index contributed by atoms with van der Waals surface area (Å²) in [6, 6.07) is 0.984. The Morgan fingerprint density at radius 3 is 2.13 bits per heavy atom. The zero-order chi connectivity index (χ0) is 23.5. The second-order valence-corrected chi connectivity index (χ2v) is 8.84. The molecule has 0 saturated heterocycles. The van der Waals surface area contributed by atoms with Crippen LogP contribution < -0.4 is 5.56 Å². The van der Waals surface area contributed by atoms with Crippen LogP contribution in [0.1, 0.15) is 18.2 Å². The van der Waals surface area contributed by atoms with Gasteiger partial charge in [0, 0.05) is 20.3 Å². The van der Waals surface area contributed by atoms with Crippen molar-refractivity contribution in [3.63, 3.8) is 0 Å². The van der Waals surface area contributed by atoms with E-state index in [1.165, 1.54) is 14.0 Å². The van der Waals surface area contributed by atoms with E-state index in [1.54, 1.807) is 0 Å². The molecule has 168 valence electrons. The van der Waals surface area contributed by atoms with Crippen molar-refractivity contribution < 1.29 is 34.8 Å². The Bertz CT molecular complexity index is 1350. The smallest absolute Gasteiger partial charge is 0.321 e. The third kappa shape index (κ3) is 3.79. The number of rotatable bonds is 3. The topological polar surface area (TPSA) is 86.8 Å². The molecule has 3 rings (SSSR count). The van der Waals surface area contributed by atoms with Crippen LogP contribution in [0.15, 0.2) is 28.0 Å². The zero-order valence-corrected chi connectivity index (χ0v) is 16.9. The molecule has 0 aliphatic heterocycles. The van der Waals surface area contributed by atoms with E-state index < -0.39 is 60.9 Å². The number of fused-ring (bicyclic) bond motifs is 1. The van der Waals surface area contributed by atoms with E-state index in [2.05, 4.69) is 9.97 Å². The monoisotopic (exact) mass is 468 g/mol. The summed E-state index contributed by atoms with van der Waals surface area (Å²) in [7, 11) is -2.12. The predicted octanol–water partition coefficient (Wildman–Crippen LogP) is 3.17. The molecule has 0 radical (unpaired) electrons. The minimum Gasteiger partial charge on any atom is -0.321 e. The van der Waals surface area contributed by atoms with Crippen LogP contribution in [-0.2, 0) is 36.3 Å². The first-order valence-corrected chi connectivity index (χ1v) is 10.2. The molecule has 3 aromatic heterocycles. The van der Waals surface area contributed by atoms with Crippen molar-refractivity contribution in [1.29, 1.82) is 0 Å². The lowest BCUT2D eigenvalue weighted by molar-refractivity contribution is -0.143. The van der Waals surface area contributed by atoms with Crippen LogP contribution in [0.25, 0.3) is 22.6 Å². The zero-order valence-electron chi connectivity index (χ0n) is 16.1. The van der Waals surface area contributed by atoms with E-state index in [1.807, 2.05) is 0 Å². The first-order valence-electron chi connectivity index (χ1n) is 8.53. The Kier molecular flexibility index (Phi) is 5.19. The molecule has 7 nitrogen and oxygen atoms in total. The molecule has 0 aliphatic carbocycles. The van der Waals surface area contributed by atoms with Gasteiger partial charge in [0.2, 0.25) is 0 Å². The Labute approximate surface area is 170 Å². The van der Waals surface area contributed by atoms with Crippen LogP contribution in [0.3, 0.4) is 0 Å². The van der Waals surface area contributed by atoms with Gasteiger partial charge in [0.1, 0.15) is 16.9 Å². The number of nitrogens with zero attached hydrogens (tertiary/aromatic N) is 4. The molecule has 31 heavy (non-hydrogen) atoms. The fraction of sp³-hybridized carbons (Fsp3) is 0.353. The summed E-state index contributed by atoms with van der Waals surface area (Å²) in [4.78, 5) is 19.2. The number of imidazole rings is 1. The molecule has 0 N–H and O–H groups in total. The molecule has 0 unspecified atom stereocenters. The number of aromatic nitrogens is 4. The summed E-state index contributed by atoms with van der Waals surface area (Å²) in [5.41, 5.74) is -4.91. The Morgan fingerprint density at radius 2 is 1.61 bits per heavy atom. The minimum absolute atomic E-state index is 0.299. The molecule has 14 heteroatoms. The quantitative estimate of drug-likeness (QED) is 0.552. The van der Waals surface area contributed by atoms with E-state index in [0.717, 1.165) is 11.6 Å². The van der Waals surface area contributed by atoms with E-state index in [-0.39, 0.29) is 11.3 Å². The lowest BCUT2D eigenvalue weighted by Crippen LogP contribution is -2.26. The number of alkyl halides is 6. The molecule has 3 aromatic rings. The highest BCUT2D eigenvalue weighted by Crippen LogP contribution is 2.35. The molecule has 0 aromatic carbocycles. The first-order chi connectivity index (χ1) is 14.1. The van der Waals surface area contributed by atoms with Crippen molar-refractivity contribution in [3.05, 3.63) is 39.9 Å². The minimum atomic E-state index is -4.88. The maximum Gasteiger partial charge on any atom is 0.431 e. The van der Waals surface area contributed by atoms with Crippen molar-refractivity contribution in [1.82, 2.24) is 19.1 Å². The molecule has 3 heterocycles. The summed E-state index contributed by atoms with van der Waals surface area (Å²) in [5.74, 6) is -0.931. The molecule has 0 fully saturated rings. The number of pyridine rings is 2. The largest absolute Gasteiger partial charge is 0.431 e. The van der Waals surface area contributed by atoms with Gasteiger partial charge >= 0.3 is 12.4 Å². The van der Waals surface area contributed by atoms with Gasteiger partial charge in [-0.2, -0.15) is 26.3 Å². The van der Waals surface area contributed by atoms with E-state index in [0.29, 0.717) is 22.9 Å². The SMILES string of the molecule is CCS(=O)(=O)c1cc(C(F)(F)F)cnc1-c1nc2cc(C(F)(F)F)n(C)c(=O)c2n1C. The highest BCUT2D eigenvalue weighted by molar-refractivity contribution is 7.91. The van der Waals surface area contributed by atoms with Gasteiger partial charge in [-0.25, -0.2) is 13.4 Å². The number of halogens is 6. The lowest BCUT2D eigenvalue weighted by atomic mass is 10.2. The fourth-order valence-electron chi connectivity index (χ4n) is 3.01. The van der Waals surface area contributed by atoms with Crippen LogP contribution in [0.5, 0.6) is 0 Å². The lowest BCUT2D eigenvalue weighted by Gasteiger charge is -2.13. The fourth-order valence-corrected chi connectivity index (χ4v) is 4.07. The summed E-state index contributed by atoms with van der Waals surface area (Å²) < 4.78 is 105. The average molecular weight is 468 g/mol. The van der Waals surface area contributed by atoms with E-state index >= 15 is 0 Å². The predicted molar refractivity (Wildman–Crippen MR) is 96.9 cm³/mol. The summed E-state index contributed by atoms with van der Waals surface area (Å²) in [6.45, 7) is 1.21. The van der Waals surface area contributed by atoms with Crippen LogP contribution in [0.4, 0.5) is 26.3 Å². The van der Waals surface area contributed by atoms with Gasteiger partial charge in [0.25, 0.3) is 5.56 Å². The summed E-state index contributed by atoms with van der Waals surface area (Å²) in [5, 5.41) is 0. The first kappa shape index (κ1) is 22.8. The second kappa shape index (κ2) is 7.07. The number of hydrogen-bond donors (Lipinski definition) is 0. The summed E-state index contributed by atoms with van der Waals surface area (Å²) in [6.07, 6.45) is -9.36. The molecular weight excluding hydrogens is 454 g/mol.